The molecule has 5 atom stereocenters. The molecule has 2 aromatic carbocycles. The third-order valence-electron chi connectivity index (χ3n) is 7.61. The van der Waals surface area contributed by atoms with E-state index >= 15 is 0 Å². The number of carbonyl (C=O) groups is 4. The lowest BCUT2D eigenvalue weighted by molar-refractivity contribution is -0.139. The zero-order valence-electron chi connectivity index (χ0n) is 19.1. The van der Waals surface area contributed by atoms with Gasteiger partial charge in [0.15, 0.2) is 0 Å². The Labute approximate surface area is 202 Å². The van der Waals surface area contributed by atoms with E-state index in [9.17, 15) is 19.2 Å². The van der Waals surface area contributed by atoms with Crippen LogP contribution in [0.2, 0.25) is 0 Å². The molecule has 2 aromatic rings. The van der Waals surface area contributed by atoms with Gasteiger partial charge in [0.25, 0.3) is 0 Å². The second kappa shape index (κ2) is 8.08. The molecule has 2 aliphatic heterocycles. The lowest BCUT2D eigenvalue weighted by Crippen LogP contribution is -2.32. The normalized spacial score (nSPS) is 28.7. The summed E-state index contributed by atoms with van der Waals surface area (Å²) in [5, 5.41) is 0. The molecule has 2 bridgehead atoms. The minimum atomic E-state index is -0.621. The van der Waals surface area contributed by atoms with E-state index in [1.165, 1.54) is 4.90 Å². The first-order valence-electron chi connectivity index (χ1n) is 11.8. The molecule has 8 heteroatoms. The van der Waals surface area contributed by atoms with Gasteiger partial charge in [-0.1, -0.05) is 18.2 Å². The second-order valence-corrected chi connectivity index (χ2v) is 9.53. The van der Waals surface area contributed by atoms with Gasteiger partial charge < -0.3 is 14.4 Å². The number of methoxy groups -OCH3 is 1. The number of esters is 1. The van der Waals surface area contributed by atoms with Crippen molar-refractivity contribution in [1.29, 1.82) is 0 Å². The highest BCUT2D eigenvalue weighted by atomic mass is 16.5. The lowest BCUT2D eigenvalue weighted by Gasteiger charge is -2.18. The maximum absolute atomic E-state index is 13.1. The largest absolute Gasteiger partial charge is 0.497 e. The molecule has 2 saturated heterocycles. The van der Waals surface area contributed by atoms with Crippen LogP contribution in [-0.2, 0) is 19.2 Å². The summed E-state index contributed by atoms with van der Waals surface area (Å²) in [6.07, 6.45) is 5.02. The number of nitrogens with zero attached hydrogens (tertiary/aromatic N) is 2. The number of rotatable bonds is 5. The molecule has 0 radical (unpaired) electrons. The highest BCUT2D eigenvalue weighted by molar-refractivity contribution is 6.22. The average Bonchev–Trinajstić information content (AvgIpc) is 3.63. The van der Waals surface area contributed by atoms with Crippen molar-refractivity contribution in [3.8, 4) is 11.5 Å². The van der Waals surface area contributed by atoms with Crippen molar-refractivity contribution in [2.24, 2.45) is 29.6 Å². The first kappa shape index (κ1) is 21.6. The standard InChI is InChI=1S/C27H24N2O6/c1-34-20-9-7-18(8-10-20)28-14-17(12-22(28)30)27(33)35-21-4-2-3-19(13-21)29-25(31)23-15-5-6-16(11-15)24(23)26(29)32/h2-10,13,15-17,23-24H,11-12,14H2,1H3/t15-,16+,17-,23-,24+/m0/s1. The fraction of sp³-hybridized carbons (Fsp3) is 0.333. The summed E-state index contributed by atoms with van der Waals surface area (Å²) < 4.78 is 10.7. The molecule has 0 unspecified atom stereocenters. The molecule has 0 spiro atoms. The molecule has 4 aliphatic rings. The predicted molar refractivity (Wildman–Crippen MR) is 126 cm³/mol. The summed E-state index contributed by atoms with van der Waals surface area (Å²) in [5.41, 5.74) is 1.09. The van der Waals surface area contributed by atoms with Crippen LogP contribution in [0.25, 0.3) is 0 Å². The Morgan fingerprint density at radius 3 is 2.23 bits per heavy atom. The number of ether oxygens (including phenoxy) is 2. The van der Waals surface area contributed by atoms with E-state index < -0.39 is 11.9 Å². The van der Waals surface area contributed by atoms with Crippen LogP contribution in [0.1, 0.15) is 12.8 Å². The number of benzene rings is 2. The van der Waals surface area contributed by atoms with E-state index in [2.05, 4.69) is 12.2 Å². The number of fused-ring (bicyclic) bond motifs is 5. The topological polar surface area (TPSA) is 93.2 Å². The molecule has 2 aliphatic carbocycles. The molecule has 0 N–H and O–H groups in total. The molecule has 2 heterocycles. The Kier molecular flexibility index (Phi) is 4.98. The summed E-state index contributed by atoms with van der Waals surface area (Å²) in [4.78, 5) is 54.4. The van der Waals surface area contributed by atoms with Gasteiger partial charge in [0.1, 0.15) is 11.5 Å². The lowest BCUT2D eigenvalue weighted by atomic mass is 9.85. The van der Waals surface area contributed by atoms with Gasteiger partial charge in [-0.15, -0.1) is 0 Å². The van der Waals surface area contributed by atoms with Gasteiger partial charge in [0.05, 0.1) is 30.6 Å². The summed E-state index contributed by atoms with van der Waals surface area (Å²) in [5.74, 6) is -1.09. The quantitative estimate of drug-likeness (QED) is 0.288. The third-order valence-corrected chi connectivity index (χ3v) is 7.61. The summed E-state index contributed by atoms with van der Waals surface area (Å²) >= 11 is 0. The van der Waals surface area contributed by atoms with Crippen molar-refractivity contribution in [2.45, 2.75) is 12.8 Å². The monoisotopic (exact) mass is 472 g/mol. The molecule has 35 heavy (non-hydrogen) atoms. The first-order chi connectivity index (χ1) is 16.9. The van der Waals surface area contributed by atoms with Gasteiger partial charge in [0.2, 0.25) is 17.7 Å². The summed E-state index contributed by atoms with van der Waals surface area (Å²) in [6.45, 7) is 0.214. The molecule has 0 aromatic heterocycles. The fourth-order valence-electron chi connectivity index (χ4n) is 5.92. The van der Waals surface area contributed by atoms with Crippen molar-refractivity contribution < 1.29 is 28.7 Å². The maximum Gasteiger partial charge on any atom is 0.316 e. The number of hydrogen-bond donors (Lipinski definition) is 0. The zero-order chi connectivity index (χ0) is 24.3. The number of imide groups is 1. The van der Waals surface area contributed by atoms with Crippen LogP contribution in [-0.4, -0.2) is 37.3 Å². The molecule has 3 amide bonds. The Balaban J connectivity index is 1.15. The molecule has 3 fully saturated rings. The Morgan fingerprint density at radius 2 is 1.57 bits per heavy atom. The van der Waals surface area contributed by atoms with Crippen LogP contribution in [0.5, 0.6) is 11.5 Å². The van der Waals surface area contributed by atoms with Gasteiger partial charge in [-0.05, 0) is 54.7 Å². The van der Waals surface area contributed by atoms with Gasteiger partial charge >= 0.3 is 5.97 Å². The molecule has 6 rings (SSSR count). The Hall–Kier alpha value is -3.94. The summed E-state index contributed by atoms with van der Waals surface area (Å²) in [6, 6.07) is 13.5. The number of allylic oxidation sites excluding steroid dienone is 2. The van der Waals surface area contributed by atoms with E-state index in [0.717, 1.165) is 6.42 Å². The van der Waals surface area contributed by atoms with Gasteiger partial charge in [-0.25, -0.2) is 4.90 Å². The Bertz CT molecular complexity index is 1240. The van der Waals surface area contributed by atoms with E-state index in [1.54, 1.807) is 60.5 Å². The number of amides is 3. The smallest absolute Gasteiger partial charge is 0.316 e. The van der Waals surface area contributed by atoms with Gasteiger partial charge in [-0.3, -0.25) is 19.2 Å². The van der Waals surface area contributed by atoms with Crippen LogP contribution in [0.15, 0.2) is 60.7 Å². The number of hydrogen-bond acceptors (Lipinski definition) is 6. The van der Waals surface area contributed by atoms with E-state index in [-0.39, 0.29) is 60.1 Å². The fourth-order valence-corrected chi connectivity index (χ4v) is 5.92. The van der Waals surface area contributed by atoms with Crippen molar-refractivity contribution in [3.63, 3.8) is 0 Å². The maximum atomic E-state index is 13.1. The predicted octanol–water partition coefficient (Wildman–Crippen LogP) is 2.97. The minimum absolute atomic E-state index is 0.0484. The van der Waals surface area contributed by atoms with Crippen molar-refractivity contribution in [3.05, 3.63) is 60.7 Å². The zero-order valence-corrected chi connectivity index (χ0v) is 19.1. The number of carbonyl (C=O) groups excluding carboxylic acids is 4. The van der Waals surface area contributed by atoms with Crippen molar-refractivity contribution in [1.82, 2.24) is 0 Å². The summed E-state index contributed by atoms with van der Waals surface area (Å²) in [7, 11) is 1.57. The third kappa shape index (κ3) is 3.43. The molecule has 8 nitrogen and oxygen atoms in total. The van der Waals surface area contributed by atoms with Crippen molar-refractivity contribution in [2.75, 3.05) is 23.5 Å². The SMILES string of the molecule is COc1ccc(N2C[C@@H](C(=O)Oc3cccc(N4C(=O)[C@@H]5[C@H](C4=O)[C@@H]4C=C[C@H]5C4)c3)CC2=O)cc1. The van der Waals surface area contributed by atoms with Crippen LogP contribution in [0.4, 0.5) is 11.4 Å². The minimum Gasteiger partial charge on any atom is -0.497 e. The first-order valence-corrected chi connectivity index (χ1v) is 11.8. The second-order valence-electron chi connectivity index (χ2n) is 9.53. The highest BCUT2D eigenvalue weighted by Crippen LogP contribution is 2.53. The van der Waals surface area contributed by atoms with E-state index in [0.29, 0.717) is 17.1 Å². The molecule has 1 saturated carbocycles. The van der Waals surface area contributed by atoms with Crippen molar-refractivity contribution >= 4 is 35.1 Å². The highest BCUT2D eigenvalue weighted by Gasteiger charge is 2.59. The van der Waals surface area contributed by atoms with Crippen LogP contribution in [0, 0.1) is 29.6 Å². The molecular weight excluding hydrogens is 448 g/mol. The molecular formula is C27H24N2O6. The molecule has 178 valence electrons. The Morgan fingerprint density at radius 1 is 0.886 bits per heavy atom. The van der Waals surface area contributed by atoms with Gasteiger partial charge in [0, 0.05) is 24.7 Å². The average molecular weight is 472 g/mol. The van der Waals surface area contributed by atoms with E-state index in [1.807, 2.05) is 0 Å². The van der Waals surface area contributed by atoms with Crippen LogP contribution < -0.4 is 19.3 Å². The van der Waals surface area contributed by atoms with Crippen LogP contribution in [0.3, 0.4) is 0 Å². The van der Waals surface area contributed by atoms with Gasteiger partial charge in [-0.2, -0.15) is 0 Å². The van der Waals surface area contributed by atoms with Crippen LogP contribution >= 0.6 is 0 Å². The number of anilines is 2. The van der Waals surface area contributed by atoms with E-state index in [4.69, 9.17) is 9.47 Å².